The fourth-order valence-corrected chi connectivity index (χ4v) is 3.77. The lowest BCUT2D eigenvalue weighted by atomic mass is 10.0. The molecule has 27 heavy (non-hydrogen) atoms. The maximum Gasteiger partial charge on any atom is 0.274 e. The van der Waals surface area contributed by atoms with E-state index in [9.17, 15) is 9.59 Å². The second-order valence-electron chi connectivity index (χ2n) is 6.91. The molecule has 3 heterocycles. The Hall–Kier alpha value is -2.80. The molecule has 1 N–H and O–H groups in total. The minimum atomic E-state index is -0.373. The molecule has 1 aromatic carbocycles. The highest BCUT2D eigenvalue weighted by atomic mass is 16.6. The number of hydrogen-bond donors (Lipinski definition) is 1. The molecule has 1 atom stereocenters. The highest BCUT2D eigenvalue weighted by Crippen LogP contribution is 2.37. The molecule has 7 heteroatoms. The van der Waals surface area contributed by atoms with Gasteiger partial charge in [0.25, 0.3) is 5.91 Å². The van der Waals surface area contributed by atoms with Crippen LogP contribution in [-0.4, -0.2) is 47.6 Å². The molecular weight excluding hydrogens is 346 g/mol. The number of likely N-dealkylation sites (tertiary alicyclic amines) is 1. The number of amides is 2. The molecule has 7 nitrogen and oxygen atoms in total. The van der Waals surface area contributed by atoms with Gasteiger partial charge in [0.2, 0.25) is 5.91 Å². The molecule has 0 bridgehead atoms. The van der Waals surface area contributed by atoms with Gasteiger partial charge < -0.3 is 14.0 Å². The van der Waals surface area contributed by atoms with Gasteiger partial charge in [0, 0.05) is 19.3 Å². The number of benzene rings is 1. The molecule has 2 amide bonds. The maximum atomic E-state index is 12.4. The number of hydrogen-bond acceptors (Lipinski definition) is 5. The smallest absolute Gasteiger partial charge is 0.274 e. The summed E-state index contributed by atoms with van der Waals surface area (Å²) in [5.41, 5.74) is 1.58. The van der Waals surface area contributed by atoms with Crippen molar-refractivity contribution in [1.29, 1.82) is 0 Å². The Bertz CT molecular complexity index is 861. The number of nitrogens with one attached hydrogen (secondary N) is 1. The summed E-state index contributed by atoms with van der Waals surface area (Å²) in [5.74, 6) is 0.864. The fourth-order valence-electron chi connectivity index (χ4n) is 3.77. The van der Waals surface area contributed by atoms with Gasteiger partial charge in [-0.2, -0.15) is 0 Å². The lowest BCUT2D eigenvalue weighted by Gasteiger charge is -2.26. The molecule has 1 unspecified atom stereocenters. The van der Waals surface area contributed by atoms with Gasteiger partial charge in [-0.3, -0.25) is 19.8 Å². The van der Waals surface area contributed by atoms with Gasteiger partial charge in [-0.1, -0.05) is 6.07 Å². The molecule has 142 valence electrons. The molecular formula is C20H23N3O4. The minimum Gasteiger partial charge on any atom is -0.486 e. The van der Waals surface area contributed by atoms with Gasteiger partial charge in [0.15, 0.2) is 11.5 Å². The van der Waals surface area contributed by atoms with Crippen LogP contribution in [-0.2, 0) is 11.8 Å². The summed E-state index contributed by atoms with van der Waals surface area (Å²) in [4.78, 5) is 26.7. The predicted molar refractivity (Wildman–Crippen MR) is 98.9 cm³/mol. The molecule has 0 aliphatic carbocycles. The average Bonchev–Trinajstić information content (AvgIpc) is 3.30. The van der Waals surface area contributed by atoms with Crippen molar-refractivity contribution in [2.24, 2.45) is 7.05 Å². The SMILES string of the molecule is Cn1cccc1C(=O)NC(=O)CN1CCCC1c1ccc2c(c1)OCCO2. The number of aryl methyl sites for hydroxylation is 1. The van der Waals surface area contributed by atoms with Crippen LogP contribution in [0.25, 0.3) is 0 Å². The lowest BCUT2D eigenvalue weighted by molar-refractivity contribution is -0.121. The third-order valence-corrected chi connectivity index (χ3v) is 5.09. The van der Waals surface area contributed by atoms with Crippen LogP contribution in [0.15, 0.2) is 36.5 Å². The van der Waals surface area contributed by atoms with Crippen molar-refractivity contribution >= 4 is 11.8 Å². The molecule has 2 aliphatic heterocycles. The standard InChI is InChI=1S/C20H23N3O4/c1-22-8-2-5-16(22)20(25)21-19(24)13-23-9-3-4-15(23)14-6-7-17-18(12-14)27-11-10-26-17/h2,5-8,12,15H,3-4,9-11,13H2,1H3,(H,21,24,25). The molecule has 2 aromatic rings. The number of aromatic nitrogens is 1. The molecule has 2 aliphatic rings. The number of imide groups is 1. The van der Waals surface area contributed by atoms with Gasteiger partial charge in [0.1, 0.15) is 18.9 Å². The van der Waals surface area contributed by atoms with Crippen LogP contribution in [0.1, 0.15) is 34.9 Å². The number of nitrogens with zero attached hydrogens (tertiary/aromatic N) is 2. The Morgan fingerprint density at radius 3 is 2.78 bits per heavy atom. The summed E-state index contributed by atoms with van der Waals surface area (Å²) >= 11 is 0. The van der Waals surface area contributed by atoms with Crippen molar-refractivity contribution in [3.05, 3.63) is 47.8 Å². The summed E-state index contributed by atoms with van der Waals surface area (Å²) < 4.78 is 12.9. The summed E-state index contributed by atoms with van der Waals surface area (Å²) in [7, 11) is 1.78. The lowest BCUT2D eigenvalue weighted by Crippen LogP contribution is -2.40. The van der Waals surface area contributed by atoms with Gasteiger partial charge in [-0.05, 0) is 49.2 Å². The zero-order valence-electron chi connectivity index (χ0n) is 15.3. The van der Waals surface area contributed by atoms with E-state index in [0.29, 0.717) is 18.9 Å². The zero-order chi connectivity index (χ0) is 18.8. The predicted octanol–water partition coefficient (Wildman–Crippen LogP) is 1.89. The first-order valence-electron chi connectivity index (χ1n) is 9.21. The number of fused-ring (bicyclic) bond motifs is 1. The minimum absolute atomic E-state index is 0.136. The molecule has 0 radical (unpaired) electrons. The van der Waals surface area contributed by atoms with Crippen molar-refractivity contribution in [2.45, 2.75) is 18.9 Å². The van der Waals surface area contributed by atoms with Crippen molar-refractivity contribution in [1.82, 2.24) is 14.8 Å². The summed E-state index contributed by atoms with van der Waals surface area (Å²) in [5, 5.41) is 2.49. The zero-order valence-corrected chi connectivity index (χ0v) is 15.3. The van der Waals surface area contributed by atoms with Gasteiger partial charge in [0.05, 0.1) is 6.54 Å². The first-order valence-corrected chi connectivity index (χ1v) is 9.21. The average molecular weight is 369 g/mol. The Kier molecular flexibility index (Phi) is 4.85. The van der Waals surface area contributed by atoms with E-state index in [-0.39, 0.29) is 24.4 Å². The van der Waals surface area contributed by atoms with Gasteiger partial charge in [-0.25, -0.2) is 0 Å². The summed E-state index contributed by atoms with van der Waals surface area (Å²) in [6.45, 7) is 2.13. The van der Waals surface area contributed by atoms with Gasteiger partial charge >= 0.3 is 0 Å². The topological polar surface area (TPSA) is 72.8 Å². The molecule has 1 saturated heterocycles. The summed E-state index contributed by atoms with van der Waals surface area (Å²) in [6, 6.07) is 9.57. The highest BCUT2D eigenvalue weighted by molar-refractivity contribution is 6.04. The fraction of sp³-hybridized carbons (Fsp3) is 0.400. The molecule has 0 saturated carbocycles. The second kappa shape index (κ2) is 7.44. The second-order valence-corrected chi connectivity index (χ2v) is 6.91. The Morgan fingerprint density at radius 1 is 1.19 bits per heavy atom. The van der Waals surface area contributed by atoms with E-state index < -0.39 is 0 Å². The third kappa shape index (κ3) is 3.68. The molecule has 0 spiro atoms. The van der Waals surface area contributed by atoms with Crippen molar-refractivity contribution < 1.29 is 19.1 Å². The first-order chi connectivity index (χ1) is 13.1. The third-order valence-electron chi connectivity index (χ3n) is 5.09. The van der Waals surface area contributed by atoms with E-state index in [1.165, 1.54) is 0 Å². The number of rotatable bonds is 4. The van der Waals surface area contributed by atoms with Crippen LogP contribution in [0.2, 0.25) is 0 Å². The summed E-state index contributed by atoms with van der Waals surface area (Å²) in [6.07, 6.45) is 3.76. The Balaban J connectivity index is 1.42. The number of ether oxygens (including phenoxy) is 2. The van der Waals surface area contributed by atoms with Crippen molar-refractivity contribution in [3.8, 4) is 11.5 Å². The van der Waals surface area contributed by atoms with Crippen LogP contribution in [0.4, 0.5) is 0 Å². The highest BCUT2D eigenvalue weighted by Gasteiger charge is 2.29. The van der Waals surface area contributed by atoms with Crippen LogP contribution >= 0.6 is 0 Å². The Labute approximate surface area is 157 Å². The van der Waals surface area contributed by atoms with E-state index in [0.717, 1.165) is 36.4 Å². The number of carbonyl (C=O) groups excluding carboxylic acids is 2. The molecule has 1 fully saturated rings. The Morgan fingerprint density at radius 2 is 2.00 bits per heavy atom. The van der Waals surface area contributed by atoms with Crippen LogP contribution in [0.3, 0.4) is 0 Å². The van der Waals surface area contributed by atoms with E-state index in [2.05, 4.69) is 10.2 Å². The molecule has 1 aromatic heterocycles. The normalized spacial score (nSPS) is 19.1. The molecule has 4 rings (SSSR count). The van der Waals surface area contributed by atoms with Crippen LogP contribution in [0.5, 0.6) is 11.5 Å². The van der Waals surface area contributed by atoms with Crippen molar-refractivity contribution in [2.75, 3.05) is 26.3 Å². The van der Waals surface area contributed by atoms with E-state index >= 15 is 0 Å². The van der Waals surface area contributed by atoms with Crippen LogP contribution in [0, 0.1) is 0 Å². The quantitative estimate of drug-likeness (QED) is 0.891. The van der Waals surface area contributed by atoms with E-state index in [1.807, 2.05) is 18.2 Å². The monoisotopic (exact) mass is 369 g/mol. The maximum absolute atomic E-state index is 12.4. The van der Waals surface area contributed by atoms with Crippen molar-refractivity contribution in [3.63, 3.8) is 0 Å². The largest absolute Gasteiger partial charge is 0.486 e. The van der Waals surface area contributed by atoms with Crippen LogP contribution < -0.4 is 14.8 Å². The van der Waals surface area contributed by atoms with E-state index in [1.54, 1.807) is 29.9 Å². The van der Waals surface area contributed by atoms with Gasteiger partial charge in [-0.15, -0.1) is 0 Å². The number of carbonyl (C=O) groups is 2. The first kappa shape index (κ1) is 17.6. The van der Waals surface area contributed by atoms with E-state index in [4.69, 9.17) is 9.47 Å².